The highest BCUT2D eigenvalue weighted by molar-refractivity contribution is 6.37. The van der Waals surface area contributed by atoms with Crippen LogP contribution in [0, 0.1) is 5.92 Å². The highest BCUT2D eigenvalue weighted by Gasteiger charge is 2.14. The predicted octanol–water partition coefficient (Wildman–Crippen LogP) is 4.81. The van der Waals surface area contributed by atoms with Gasteiger partial charge in [-0.1, -0.05) is 43.1 Å². The smallest absolute Gasteiger partial charge is 0.343 e. The first-order valence-electron chi connectivity index (χ1n) is 6.95. The van der Waals surface area contributed by atoms with Crippen molar-refractivity contribution in [3.05, 3.63) is 58.1 Å². The molecule has 0 radical (unpaired) electrons. The number of hydrogen-bond donors (Lipinski definition) is 1. The molecule has 6 heteroatoms. The molecule has 1 N–H and O–H groups in total. The molecule has 120 valence electrons. The van der Waals surface area contributed by atoms with Gasteiger partial charge in [0, 0.05) is 11.6 Å². The van der Waals surface area contributed by atoms with Crippen LogP contribution in [0.2, 0.25) is 10.0 Å². The van der Waals surface area contributed by atoms with Gasteiger partial charge in [0.05, 0.1) is 15.6 Å². The fourth-order valence-electron chi connectivity index (χ4n) is 1.71. The molecular weight excluding hydrogens is 337 g/mol. The van der Waals surface area contributed by atoms with Crippen molar-refractivity contribution in [3.63, 3.8) is 0 Å². The van der Waals surface area contributed by atoms with Gasteiger partial charge < -0.3 is 10.1 Å². The summed E-state index contributed by atoms with van der Waals surface area (Å²) in [5.41, 5.74) is 0.930. The molecule has 2 aromatic carbocycles. The van der Waals surface area contributed by atoms with Crippen LogP contribution in [-0.2, 0) is 4.79 Å². The largest absolute Gasteiger partial charge is 0.420 e. The molecule has 0 saturated carbocycles. The minimum Gasteiger partial charge on any atom is -0.420 e. The predicted molar refractivity (Wildman–Crippen MR) is 91.3 cm³/mol. The van der Waals surface area contributed by atoms with Crippen LogP contribution < -0.4 is 10.1 Å². The minimum atomic E-state index is -0.582. The van der Waals surface area contributed by atoms with E-state index in [1.165, 1.54) is 0 Å². The van der Waals surface area contributed by atoms with Crippen LogP contribution >= 0.6 is 23.2 Å². The summed E-state index contributed by atoms with van der Waals surface area (Å²) in [5, 5.41) is 3.25. The molecule has 0 heterocycles. The molecule has 2 rings (SSSR count). The quantitative estimate of drug-likeness (QED) is 0.635. The van der Waals surface area contributed by atoms with Crippen molar-refractivity contribution in [2.45, 2.75) is 13.8 Å². The monoisotopic (exact) mass is 351 g/mol. The third-order valence-corrected chi connectivity index (χ3v) is 3.62. The number of benzene rings is 2. The van der Waals surface area contributed by atoms with Crippen LogP contribution in [-0.4, -0.2) is 11.9 Å². The van der Waals surface area contributed by atoms with Gasteiger partial charge in [0.2, 0.25) is 5.91 Å². The molecule has 0 spiro atoms. The molecule has 2 aromatic rings. The zero-order chi connectivity index (χ0) is 17.0. The van der Waals surface area contributed by atoms with E-state index in [-0.39, 0.29) is 27.6 Å². The summed E-state index contributed by atoms with van der Waals surface area (Å²) in [4.78, 5) is 23.7. The van der Waals surface area contributed by atoms with Gasteiger partial charge in [-0.3, -0.25) is 4.79 Å². The zero-order valence-corrected chi connectivity index (χ0v) is 14.1. The number of hydrogen-bond acceptors (Lipinski definition) is 3. The lowest BCUT2D eigenvalue weighted by Crippen LogP contribution is -2.17. The molecule has 0 saturated heterocycles. The molecule has 23 heavy (non-hydrogen) atoms. The normalized spacial score (nSPS) is 10.5. The van der Waals surface area contributed by atoms with Crippen molar-refractivity contribution in [1.82, 2.24) is 0 Å². The van der Waals surface area contributed by atoms with Gasteiger partial charge in [0.15, 0.2) is 5.75 Å². The summed E-state index contributed by atoms with van der Waals surface area (Å²) in [6.07, 6.45) is 0. The summed E-state index contributed by atoms with van der Waals surface area (Å²) in [5.74, 6) is -0.676. The van der Waals surface area contributed by atoms with Crippen LogP contribution in [0.1, 0.15) is 24.2 Å². The Balaban J connectivity index is 2.10. The molecule has 0 aliphatic heterocycles. The average Bonchev–Trinajstić information content (AvgIpc) is 2.51. The second kappa shape index (κ2) is 7.49. The number of halogens is 2. The number of carbonyl (C=O) groups excluding carboxylic acids is 2. The van der Waals surface area contributed by atoms with E-state index in [0.717, 1.165) is 0 Å². The average molecular weight is 352 g/mol. The fraction of sp³-hybridized carbons (Fsp3) is 0.176. The molecule has 0 aliphatic carbocycles. The van der Waals surface area contributed by atoms with Crippen LogP contribution in [0.4, 0.5) is 5.69 Å². The third-order valence-electron chi connectivity index (χ3n) is 3.03. The number of anilines is 1. The lowest BCUT2D eigenvalue weighted by atomic mass is 10.1. The van der Waals surface area contributed by atoms with Crippen molar-refractivity contribution < 1.29 is 14.3 Å². The van der Waals surface area contributed by atoms with E-state index in [9.17, 15) is 9.59 Å². The van der Waals surface area contributed by atoms with Gasteiger partial charge in [-0.05, 0) is 36.4 Å². The maximum atomic E-state index is 12.1. The standard InChI is InChI=1S/C17H15Cl2NO3/c1-10(2)16(21)20-12-8-6-11(7-9-12)17(22)23-15-13(18)4-3-5-14(15)19/h3-10H,1-2H3,(H,20,21). The van der Waals surface area contributed by atoms with Gasteiger partial charge in [0.25, 0.3) is 0 Å². The highest BCUT2D eigenvalue weighted by atomic mass is 35.5. The first-order chi connectivity index (χ1) is 10.9. The van der Waals surface area contributed by atoms with Gasteiger partial charge in [-0.2, -0.15) is 0 Å². The number of para-hydroxylation sites is 1. The molecular formula is C17H15Cl2NO3. The van der Waals surface area contributed by atoms with Crippen molar-refractivity contribution in [2.24, 2.45) is 5.92 Å². The van der Waals surface area contributed by atoms with Crippen molar-refractivity contribution in [1.29, 1.82) is 0 Å². The lowest BCUT2D eigenvalue weighted by Gasteiger charge is -2.10. The van der Waals surface area contributed by atoms with E-state index >= 15 is 0 Å². The van der Waals surface area contributed by atoms with E-state index in [2.05, 4.69) is 5.32 Å². The second-order valence-electron chi connectivity index (χ2n) is 5.16. The molecule has 0 atom stereocenters. The van der Waals surface area contributed by atoms with E-state index in [0.29, 0.717) is 11.3 Å². The highest BCUT2D eigenvalue weighted by Crippen LogP contribution is 2.32. The summed E-state index contributed by atoms with van der Waals surface area (Å²) in [6.45, 7) is 3.60. The van der Waals surface area contributed by atoms with Crippen molar-refractivity contribution >= 4 is 40.8 Å². The first kappa shape index (κ1) is 17.3. The van der Waals surface area contributed by atoms with E-state index in [1.54, 1.807) is 56.3 Å². The summed E-state index contributed by atoms with van der Waals surface area (Å²) in [7, 11) is 0. The van der Waals surface area contributed by atoms with Crippen molar-refractivity contribution in [2.75, 3.05) is 5.32 Å². The fourth-order valence-corrected chi connectivity index (χ4v) is 2.18. The van der Waals surface area contributed by atoms with Gasteiger partial charge in [-0.25, -0.2) is 4.79 Å². The first-order valence-corrected chi connectivity index (χ1v) is 7.71. The van der Waals surface area contributed by atoms with Crippen LogP contribution in [0.25, 0.3) is 0 Å². The van der Waals surface area contributed by atoms with E-state index in [1.807, 2.05) is 0 Å². The Morgan fingerprint density at radius 1 is 1.00 bits per heavy atom. The van der Waals surface area contributed by atoms with Crippen molar-refractivity contribution in [3.8, 4) is 5.75 Å². The number of carbonyl (C=O) groups is 2. The van der Waals surface area contributed by atoms with Gasteiger partial charge in [-0.15, -0.1) is 0 Å². The summed E-state index contributed by atoms with van der Waals surface area (Å²) < 4.78 is 5.23. The molecule has 0 unspecified atom stereocenters. The topological polar surface area (TPSA) is 55.4 Å². The maximum Gasteiger partial charge on any atom is 0.343 e. The van der Waals surface area contributed by atoms with E-state index in [4.69, 9.17) is 27.9 Å². The number of ether oxygens (including phenoxy) is 1. The molecule has 0 aromatic heterocycles. The molecule has 0 fully saturated rings. The Kier molecular flexibility index (Phi) is 5.64. The Hall–Kier alpha value is -2.04. The number of amides is 1. The molecule has 0 aliphatic rings. The second-order valence-corrected chi connectivity index (χ2v) is 5.98. The Morgan fingerprint density at radius 2 is 1.57 bits per heavy atom. The van der Waals surface area contributed by atoms with Crippen LogP contribution in [0.15, 0.2) is 42.5 Å². The van der Waals surface area contributed by atoms with Crippen LogP contribution in [0.5, 0.6) is 5.75 Å². The minimum absolute atomic E-state index is 0.0943. The maximum absolute atomic E-state index is 12.1. The Morgan fingerprint density at radius 3 is 2.09 bits per heavy atom. The van der Waals surface area contributed by atoms with Gasteiger partial charge >= 0.3 is 5.97 Å². The third kappa shape index (κ3) is 4.47. The SMILES string of the molecule is CC(C)C(=O)Nc1ccc(C(=O)Oc2c(Cl)cccc2Cl)cc1. The zero-order valence-electron chi connectivity index (χ0n) is 12.6. The Labute approximate surface area is 144 Å². The lowest BCUT2D eigenvalue weighted by molar-refractivity contribution is -0.118. The van der Waals surface area contributed by atoms with Crippen LogP contribution in [0.3, 0.4) is 0 Å². The Bertz CT molecular complexity index is 707. The molecule has 1 amide bonds. The molecule has 0 bridgehead atoms. The number of nitrogens with one attached hydrogen (secondary N) is 1. The number of rotatable bonds is 4. The molecule has 4 nitrogen and oxygen atoms in total. The van der Waals surface area contributed by atoms with Gasteiger partial charge in [0.1, 0.15) is 0 Å². The van der Waals surface area contributed by atoms with E-state index < -0.39 is 5.97 Å². The number of esters is 1. The summed E-state index contributed by atoms with van der Waals surface area (Å²) >= 11 is 11.9. The summed E-state index contributed by atoms with van der Waals surface area (Å²) in [6, 6.07) is 11.2.